The number of rotatable bonds is 4. The highest BCUT2D eigenvalue weighted by Crippen LogP contribution is 2.13. The first kappa shape index (κ1) is 12.3. The van der Waals surface area contributed by atoms with Crippen molar-refractivity contribution in [3.63, 3.8) is 0 Å². The molecule has 0 fully saturated rings. The van der Waals surface area contributed by atoms with Gasteiger partial charge in [0.25, 0.3) is 5.91 Å². The normalized spacial score (nSPS) is 11.9. The molecule has 1 unspecified atom stereocenters. The quantitative estimate of drug-likeness (QED) is 0.781. The number of aryl methyl sites for hydroxylation is 1. The molecule has 0 spiro atoms. The van der Waals surface area contributed by atoms with Crippen molar-refractivity contribution in [3.8, 4) is 6.07 Å². The Morgan fingerprint density at radius 1 is 1.69 bits per heavy atom. The molecule has 0 N–H and O–H groups in total. The van der Waals surface area contributed by atoms with E-state index in [1.165, 1.54) is 6.26 Å². The molecular formula is C12H16N2O2. The van der Waals surface area contributed by atoms with E-state index in [4.69, 9.17) is 9.68 Å². The first-order chi connectivity index (χ1) is 7.60. The first-order valence-electron chi connectivity index (χ1n) is 5.33. The van der Waals surface area contributed by atoms with Crippen molar-refractivity contribution in [1.82, 2.24) is 4.90 Å². The fourth-order valence-corrected chi connectivity index (χ4v) is 1.46. The predicted molar refractivity (Wildman–Crippen MR) is 59.8 cm³/mol. The van der Waals surface area contributed by atoms with Crippen LogP contribution in [0.25, 0.3) is 0 Å². The summed E-state index contributed by atoms with van der Waals surface area (Å²) >= 11 is 0. The summed E-state index contributed by atoms with van der Waals surface area (Å²) in [6.07, 6.45) is 1.50. The fourth-order valence-electron chi connectivity index (χ4n) is 1.46. The largest absolute Gasteiger partial charge is 0.459 e. The van der Waals surface area contributed by atoms with Crippen molar-refractivity contribution in [3.05, 3.63) is 23.7 Å². The molecule has 0 saturated carbocycles. The number of carbonyl (C=O) groups is 1. The van der Waals surface area contributed by atoms with Gasteiger partial charge in [0, 0.05) is 18.7 Å². The maximum Gasteiger partial charge on any atom is 0.289 e. The average molecular weight is 220 g/mol. The van der Waals surface area contributed by atoms with Crippen LogP contribution in [0.4, 0.5) is 0 Å². The fraction of sp³-hybridized carbons (Fsp3) is 0.500. The SMILES string of the molecule is CCN(CC(C)C#N)C(=O)c1occc1C. The molecule has 86 valence electrons. The van der Waals surface area contributed by atoms with Crippen LogP contribution in [-0.2, 0) is 0 Å². The predicted octanol–water partition coefficient (Wildman–Crippen LogP) is 2.21. The smallest absolute Gasteiger partial charge is 0.289 e. The molecule has 1 aromatic heterocycles. The molecule has 1 atom stereocenters. The number of amides is 1. The molecule has 0 aliphatic carbocycles. The maximum atomic E-state index is 12.0. The Morgan fingerprint density at radius 3 is 2.81 bits per heavy atom. The van der Waals surface area contributed by atoms with Crippen molar-refractivity contribution >= 4 is 5.91 Å². The van der Waals surface area contributed by atoms with Gasteiger partial charge in [-0.15, -0.1) is 0 Å². The number of nitriles is 1. The van der Waals surface area contributed by atoms with Crippen LogP contribution in [0.1, 0.15) is 30.0 Å². The highest BCUT2D eigenvalue weighted by molar-refractivity contribution is 5.92. The lowest BCUT2D eigenvalue weighted by Gasteiger charge is -2.20. The van der Waals surface area contributed by atoms with Crippen molar-refractivity contribution in [2.24, 2.45) is 5.92 Å². The van der Waals surface area contributed by atoms with Crippen LogP contribution in [0.5, 0.6) is 0 Å². The van der Waals surface area contributed by atoms with Gasteiger partial charge in [0.2, 0.25) is 0 Å². The lowest BCUT2D eigenvalue weighted by atomic mass is 10.2. The Balaban J connectivity index is 2.79. The molecule has 0 bridgehead atoms. The summed E-state index contributed by atoms with van der Waals surface area (Å²) in [7, 11) is 0. The molecule has 0 saturated heterocycles. The zero-order valence-electron chi connectivity index (χ0n) is 9.86. The van der Waals surface area contributed by atoms with Gasteiger partial charge >= 0.3 is 0 Å². The van der Waals surface area contributed by atoms with Crippen LogP contribution in [0, 0.1) is 24.2 Å². The molecular weight excluding hydrogens is 204 g/mol. The van der Waals surface area contributed by atoms with Crippen LogP contribution in [0.15, 0.2) is 16.7 Å². The molecule has 0 aliphatic heterocycles. The summed E-state index contributed by atoms with van der Waals surface area (Å²) in [5.41, 5.74) is 0.827. The molecule has 0 radical (unpaired) electrons. The summed E-state index contributed by atoms with van der Waals surface area (Å²) in [6, 6.07) is 3.88. The minimum absolute atomic E-state index is 0.146. The Hall–Kier alpha value is -1.76. The lowest BCUT2D eigenvalue weighted by Crippen LogP contribution is -2.34. The van der Waals surface area contributed by atoms with E-state index in [1.54, 1.807) is 17.9 Å². The van der Waals surface area contributed by atoms with Crippen molar-refractivity contribution in [2.45, 2.75) is 20.8 Å². The summed E-state index contributed by atoms with van der Waals surface area (Å²) in [6.45, 7) is 6.53. The van der Waals surface area contributed by atoms with E-state index in [9.17, 15) is 4.79 Å². The van der Waals surface area contributed by atoms with E-state index in [0.29, 0.717) is 18.8 Å². The number of hydrogen-bond acceptors (Lipinski definition) is 3. The van der Waals surface area contributed by atoms with Crippen molar-refractivity contribution in [2.75, 3.05) is 13.1 Å². The topological polar surface area (TPSA) is 57.2 Å². The van der Waals surface area contributed by atoms with E-state index in [0.717, 1.165) is 5.56 Å². The van der Waals surface area contributed by atoms with E-state index >= 15 is 0 Å². The van der Waals surface area contributed by atoms with Crippen LogP contribution in [-0.4, -0.2) is 23.9 Å². The van der Waals surface area contributed by atoms with E-state index in [1.807, 2.05) is 13.8 Å². The second kappa shape index (κ2) is 5.36. The van der Waals surface area contributed by atoms with E-state index in [-0.39, 0.29) is 11.8 Å². The van der Waals surface area contributed by atoms with Crippen LogP contribution in [0.2, 0.25) is 0 Å². The molecule has 16 heavy (non-hydrogen) atoms. The van der Waals surface area contributed by atoms with Gasteiger partial charge in [0.1, 0.15) is 0 Å². The highest BCUT2D eigenvalue weighted by atomic mass is 16.3. The molecule has 4 heteroatoms. The number of furan rings is 1. The molecule has 0 aliphatic rings. The number of nitrogens with zero attached hydrogens (tertiary/aromatic N) is 2. The van der Waals surface area contributed by atoms with E-state index < -0.39 is 0 Å². The van der Waals surface area contributed by atoms with Gasteiger partial charge in [-0.05, 0) is 26.8 Å². The van der Waals surface area contributed by atoms with Gasteiger partial charge in [-0.1, -0.05) is 0 Å². The highest BCUT2D eigenvalue weighted by Gasteiger charge is 2.20. The molecule has 4 nitrogen and oxygen atoms in total. The monoisotopic (exact) mass is 220 g/mol. The minimum Gasteiger partial charge on any atom is -0.459 e. The Bertz CT molecular complexity index is 403. The van der Waals surface area contributed by atoms with Gasteiger partial charge in [-0.25, -0.2) is 0 Å². The molecule has 0 aromatic carbocycles. The van der Waals surface area contributed by atoms with Crippen LogP contribution in [0.3, 0.4) is 0 Å². The molecule has 1 heterocycles. The minimum atomic E-state index is -0.167. The third-order valence-corrected chi connectivity index (χ3v) is 2.44. The standard InChI is InChI=1S/C12H16N2O2/c1-4-14(8-9(2)7-13)12(15)11-10(3)5-6-16-11/h5-6,9H,4,8H2,1-3H3. The van der Waals surface area contributed by atoms with Crippen molar-refractivity contribution in [1.29, 1.82) is 5.26 Å². The van der Waals surface area contributed by atoms with Gasteiger partial charge in [-0.2, -0.15) is 5.26 Å². The third kappa shape index (κ3) is 2.63. The van der Waals surface area contributed by atoms with Gasteiger partial charge in [0.05, 0.1) is 18.3 Å². The molecule has 1 amide bonds. The molecule has 1 rings (SSSR count). The maximum absolute atomic E-state index is 12.0. The summed E-state index contributed by atoms with van der Waals surface area (Å²) in [5, 5.41) is 8.73. The van der Waals surface area contributed by atoms with E-state index in [2.05, 4.69) is 6.07 Å². The first-order valence-corrected chi connectivity index (χ1v) is 5.33. The molecule has 1 aromatic rings. The second-order valence-corrected chi connectivity index (χ2v) is 3.81. The second-order valence-electron chi connectivity index (χ2n) is 3.81. The lowest BCUT2D eigenvalue weighted by molar-refractivity contribution is 0.0719. The van der Waals surface area contributed by atoms with Gasteiger partial charge in [0.15, 0.2) is 5.76 Å². The van der Waals surface area contributed by atoms with Gasteiger partial charge in [-0.3, -0.25) is 4.79 Å². The number of hydrogen-bond donors (Lipinski definition) is 0. The van der Waals surface area contributed by atoms with Crippen molar-refractivity contribution < 1.29 is 9.21 Å². The Labute approximate surface area is 95.5 Å². The summed E-state index contributed by atoms with van der Waals surface area (Å²) in [4.78, 5) is 13.7. The zero-order valence-corrected chi connectivity index (χ0v) is 9.86. The third-order valence-electron chi connectivity index (χ3n) is 2.44. The zero-order chi connectivity index (χ0) is 12.1. The van der Waals surface area contributed by atoms with Crippen LogP contribution >= 0.6 is 0 Å². The Morgan fingerprint density at radius 2 is 2.38 bits per heavy atom. The van der Waals surface area contributed by atoms with Crippen LogP contribution < -0.4 is 0 Å². The average Bonchev–Trinajstić information content (AvgIpc) is 2.71. The summed E-state index contributed by atoms with van der Waals surface area (Å²) in [5.74, 6) is 0.0539. The van der Waals surface area contributed by atoms with Gasteiger partial charge < -0.3 is 9.32 Å². The summed E-state index contributed by atoms with van der Waals surface area (Å²) < 4.78 is 5.15. The Kier molecular flexibility index (Phi) is 4.12. The number of carbonyl (C=O) groups excluding carboxylic acids is 1.